The van der Waals surface area contributed by atoms with Crippen molar-refractivity contribution in [3.05, 3.63) is 71.3 Å². The van der Waals surface area contributed by atoms with Gasteiger partial charge in [0.2, 0.25) is 0 Å². The molecule has 1 aromatic heterocycles. The molecule has 1 N–H and O–H groups in total. The van der Waals surface area contributed by atoms with Crippen LogP contribution in [0.15, 0.2) is 58.8 Å². The molecule has 2 aromatic rings. The SMILES string of the molecule is CC1=C(c2ccc(F)cc2)S(=O)(=O)N=C1N1CCC(NC(=O)c2cccnc2)CC1. The number of sulfonamides is 1. The number of hydrogen-bond donors (Lipinski definition) is 1. The smallest absolute Gasteiger partial charge is 0.285 e. The molecule has 1 fully saturated rings. The average Bonchev–Trinajstić information content (AvgIpc) is 2.99. The Labute approximate surface area is 174 Å². The van der Waals surface area contributed by atoms with E-state index in [1.807, 2.05) is 4.90 Å². The van der Waals surface area contributed by atoms with Crippen LogP contribution in [0.1, 0.15) is 35.7 Å². The molecule has 0 bridgehead atoms. The predicted octanol–water partition coefficient (Wildman–Crippen LogP) is 2.59. The van der Waals surface area contributed by atoms with Crippen molar-refractivity contribution < 1.29 is 17.6 Å². The van der Waals surface area contributed by atoms with Gasteiger partial charge in [0.05, 0.1) is 5.56 Å². The number of rotatable bonds is 3. The lowest BCUT2D eigenvalue weighted by Crippen LogP contribution is -2.46. The van der Waals surface area contributed by atoms with Crippen molar-refractivity contribution in [2.24, 2.45) is 4.40 Å². The van der Waals surface area contributed by atoms with E-state index >= 15 is 0 Å². The minimum Gasteiger partial charge on any atom is -0.356 e. The highest BCUT2D eigenvalue weighted by molar-refractivity contribution is 8.00. The molecule has 1 saturated heterocycles. The van der Waals surface area contributed by atoms with Crippen molar-refractivity contribution in [3.8, 4) is 0 Å². The van der Waals surface area contributed by atoms with Crippen LogP contribution in [-0.4, -0.2) is 49.2 Å². The van der Waals surface area contributed by atoms with Gasteiger partial charge in [0.15, 0.2) is 0 Å². The number of halogens is 1. The summed E-state index contributed by atoms with van der Waals surface area (Å²) in [6, 6.07) is 8.78. The molecule has 1 amide bonds. The maximum Gasteiger partial charge on any atom is 0.285 e. The molecule has 0 spiro atoms. The van der Waals surface area contributed by atoms with E-state index < -0.39 is 15.8 Å². The fourth-order valence-electron chi connectivity index (χ4n) is 3.79. The van der Waals surface area contributed by atoms with E-state index in [0.29, 0.717) is 48.5 Å². The van der Waals surface area contributed by atoms with Gasteiger partial charge in [0.1, 0.15) is 16.6 Å². The molecule has 30 heavy (non-hydrogen) atoms. The molecular weight excluding hydrogens is 407 g/mol. The zero-order chi connectivity index (χ0) is 21.3. The predicted molar refractivity (Wildman–Crippen MR) is 112 cm³/mol. The number of nitrogens with one attached hydrogen (secondary N) is 1. The summed E-state index contributed by atoms with van der Waals surface area (Å²) in [6.07, 6.45) is 4.48. The van der Waals surface area contributed by atoms with Crippen LogP contribution in [0.25, 0.3) is 4.91 Å². The Morgan fingerprint density at radius 1 is 1.17 bits per heavy atom. The second-order valence-corrected chi connectivity index (χ2v) is 8.87. The third-order valence-corrected chi connectivity index (χ3v) is 6.77. The van der Waals surface area contributed by atoms with Crippen molar-refractivity contribution in [1.82, 2.24) is 15.2 Å². The maximum atomic E-state index is 13.2. The van der Waals surface area contributed by atoms with Crippen LogP contribution >= 0.6 is 0 Å². The Hall–Kier alpha value is -3.07. The molecule has 0 saturated carbocycles. The standard InChI is InChI=1S/C21H21FN4O3S/c1-14-19(15-4-6-17(22)7-5-15)30(28,29)25-20(14)26-11-8-18(9-12-26)24-21(27)16-3-2-10-23-13-16/h2-7,10,13,18H,8-9,11-12H2,1H3,(H,24,27). The number of hydrogen-bond acceptors (Lipinski definition) is 5. The first-order chi connectivity index (χ1) is 14.3. The van der Waals surface area contributed by atoms with Gasteiger partial charge in [-0.2, -0.15) is 8.42 Å². The molecule has 2 aliphatic rings. The summed E-state index contributed by atoms with van der Waals surface area (Å²) in [7, 11) is -3.84. The molecule has 0 radical (unpaired) electrons. The Morgan fingerprint density at radius 3 is 2.50 bits per heavy atom. The number of carbonyl (C=O) groups is 1. The molecule has 1 aromatic carbocycles. The third kappa shape index (κ3) is 3.97. The highest BCUT2D eigenvalue weighted by Gasteiger charge is 2.35. The number of likely N-dealkylation sites (tertiary alicyclic amines) is 1. The lowest BCUT2D eigenvalue weighted by molar-refractivity contribution is 0.0922. The van der Waals surface area contributed by atoms with E-state index in [9.17, 15) is 17.6 Å². The summed E-state index contributed by atoms with van der Waals surface area (Å²) in [6.45, 7) is 2.86. The zero-order valence-corrected chi connectivity index (χ0v) is 17.2. The van der Waals surface area contributed by atoms with Crippen molar-refractivity contribution in [2.75, 3.05) is 13.1 Å². The summed E-state index contributed by atoms with van der Waals surface area (Å²) in [5.41, 5.74) is 1.49. The topological polar surface area (TPSA) is 91.7 Å². The number of amidine groups is 1. The van der Waals surface area contributed by atoms with Crippen LogP contribution in [0.3, 0.4) is 0 Å². The molecule has 4 rings (SSSR count). The normalized spacial score (nSPS) is 19.0. The molecule has 0 aliphatic carbocycles. The van der Waals surface area contributed by atoms with E-state index in [4.69, 9.17) is 0 Å². The van der Waals surface area contributed by atoms with E-state index in [2.05, 4.69) is 14.7 Å². The second kappa shape index (κ2) is 7.98. The van der Waals surface area contributed by atoms with Crippen LogP contribution in [0.2, 0.25) is 0 Å². The Bertz CT molecular complexity index is 1120. The van der Waals surface area contributed by atoms with Gasteiger partial charge in [-0.3, -0.25) is 9.78 Å². The van der Waals surface area contributed by atoms with Gasteiger partial charge in [0, 0.05) is 37.1 Å². The van der Waals surface area contributed by atoms with E-state index in [-0.39, 0.29) is 16.9 Å². The second-order valence-electron chi connectivity index (χ2n) is 7.33. The van der Waals surface area contributed by atoms with Gasteiger partial charge in [-0.05, 0) is 49.6 Å². The monoisotopic (exact) mass is 428 g/mol. The summed E-state index contributed by atoms with van der Waals surface area (Å²) < 4.78 is 42.5. The average molecular weight is 428 g/mol. The summed E-state index contributed by atoms with van der Waals surface area (Å²) in [5.74, 6) is -0.174. The van der Waals surface area contributed by atoms with Crippen LogP contribution in [-0.2, 0) is 10.0 Å². The van der Waals surface area contributed by atoms with Gasteiger partial charge in [-0.1, -0.05) is 12.1 Å². The minimum atomic E-state index is -3.84. The van der Waals surface area contributed by atoms with Gasteiger partial charge in [0.25, 0.3) is 15.9 Å². The number of piperidine rings is 1. The summed E-state index contributed by atoms with van der Waals surface area (Å²) in [5, 5.41) is 3.00. The lowest BCUT2D eigenvalue weighted by atomic mass is 10.0. The molecule has 3 heterocycles. The number of nitrogens with zero attached hydrogens (tertiary/aromatic N) is 3. The highest BCUT2D eigenvalue weighted by atomic mass is 32.2. The zero-order valence-electron chi connectivity index (χ0n) is 16.4. The van der Waals surface area contributed by atoms with E-state index in [0.717, 1.165) is 0 Å². The molecule has 2 aliphatic heterocycles. The largest absolute Gasteiger partial charge is 0.356 e. The number of pyridine rings is 1. The maximum absolute atomic E-state index is 13.2. The van der Waals surface area contributed by atoms with Gasteiger partial charge < -0.3 is 10.2 Å². The van der Waals surface area contributed by atoms with Crippen molar-refractivity contribution >= 4 is 26.7 Å². The van der Waals surface area contributed by atoms with Gasteiger partial charge in [-0.15, -0.1) is 4.40 Å². The fourth-order valence-corrected chi connectivity index (χ4v) is 5.27. The molecule has 9 heteroatoms. The van der Waals surface area contributed by atoms with Crippen molar-refractivity contribution in [1.29, 1.82) is 0 Å². The number of benzene rings is 1. The van der Waals surface area contributed by atoms with Crippen LogP contribution in [0.4, 0.5) is 4.39 Å². The Kier molecular flexibility index (Phi) is 5.38. The fraction of sp³-hybridized carbons (Fsp3) is 0.286. The Morgan fingerprint density at radius 2 is 1.87 bits per heavy atom. The first-order valence-corrected chi connectivity index (χ1v) is 11.1. The quantitative estimate of drug-likeness (QED) is 0.811. The Balaban J connectivity index is 1.46. The summed E-state index contributed by atoms with van der Waals surface area (Å²) >= 11 is 0. The molecule has 0 unspecified atom stereocenters. The van der Waals surface area contributed by atoms with Crippen molar-refractivity contribution in [3.63, 3.8) is 0 Å². The van der Waals surface area contributed by atoms with Gasteiger partial charge in [-0.25, -0.2) is 4.39 Å². The highest BCUT2D eigenvalue weighted by Crippen LogP contribution is 2.34. The van der Waals surface area contributed by atoms with Gasteiger partial charge >= 0.3 is 0 Å². The summed E-state index contributed by atoms with van der Waals surface area (Å²) in [4.78, 5) is 18.3. The number of carbonyl (C=O) groups excluding carboxylic acids is 1. The number of aromatic nitrogens is 1. The first-order valence-electron chi connectivity index (χ1n) is 9.63. The molecule has 0 atom stereocenters. The minimum absolute atomic E-state index is 0.00609. The first kappa shape index (κ1) is 20.2. The van der Waals surface area contributed by atoms with Crippen LogP contribution in [0, 0.1) is 5.82 Å². The molecule has 156 valence electrons. The molecular formula is C21H21FN4O3S. The van der Waals surface area contributed by atoms with Crippen LogP contribution in [0.5, 0.6) is 0 Å². The van der Waals surface area contributed by atoms with E-state index in [1.165, 1.54) is 30.5 Å². The number of amides is 1. The molecule has 7 nitrogen and oxygen atoms in total. The van der Waals surface area contributed by atoms with Crippen LogP contribution < -0.4 is 5.32 Å². The van der Waals surface area contributed by atoms with E-state index in [1.54, 1.807) is 25.3 Å². The third-order valence-electron chi connectivity index (χ3n) is 5.30. The van der Waals surface area contributed by atoms with Crippen molar-refractivity contribution in [2.45, 2.75) is 25.8 Å². The lowest BCUT2D eigenvalue weighted by Gasteiger charge is -2.33.